The largest absolute Gasteiger partial charge is 0.345 e. The molecule has 0 spiro atoms. The Bertz CT molecular complexity index is 1440. The van der Waals surface area contributed by atoms with Crippen LogP contribution in [0.2, 0.25) is 10.0 Å². The molecule has 2 heterocycles. The number of halogens is 2. The molecule has 0 aliphatic carbocycles. The number of benzene rings is 3. The zero-order valence-electron chi connectivity index (χ0n) is 18.2. The van der Waals surface area contributed by atoms with Crippen LogP contribution in [0.1, 0.15) is 15.9 Å². The Morgan fingerprint density at radius 1 is 0.971 bits per heavy atom. The van der Waals surface area contributed by atoms with Crippen molar-refractivity contribution in [1.29, 1.82) is 0 Å². The summed E-state index contributed by atoms with van der Waals surface area (Å²) in [6.45, 7) is -0.0751. The van der Waals surface area contributed by atoms with E-state index in [1.54, 1.807) is 41.7 Å². The van der Waals surface area contributed by atoms with E-state index in [-0.39, 0.29) is 24.6 Å². The number of anilines is 2. The number of nitrogens with one attached hydrogen (secondary N) is 1. The highest BCUT2D eigenvalue weighted by Crippen LogP contribution is 2.32. The van der Waals surface area contributed by atoms with Crippen LogP contribution in [-0.4, -0.2) is 34.1 Å². The maximum Gasteiger partial charge on any atom is 0.299 e. The lowest BCUT2D eigenvalue weighted by Gasteiger charge is -2.26. The lowest BCUT2D eigenvalue weighted by Crippen LogP contribution is -2.42. The number of nitrogens with zero attached hydrogens (tertiary/aromatic N) is 3. The fourth-order valence-electron chi connectivity index (χ4n) is 4.03. The van der Waals surface area contributed by atoms with Crippen LogP contribution in [0.25, 0.3) is 11.3 Å². The van der Waals surface area contributed by atoms with Gasteiger partial charge in [-0.2, -0.15) is 0 Å². The zero-order chi connectivity index (χ0) is 24.5. The summed E-state index contributed by atoms with van der Waals surface area (Å²) in [5.41, 5.74) is 3.77. The van der Waals surface area contributed by atoms with Crippen LogP contribution in [0.5, 0.6) is 0 Å². The molecular formula is C26H18Cl2N4O3. The number of H-pyrrole nitrogens is 1. The molecule has 0 fully saturated rings. The number of amides is 2. The van der Waals surface area contributed by atoms with Gasteiger partial charge in [-0.1, -0.05) is 47.5 Å². The Hall–Kier alpha value is -3.94. The number of rotatable bonds is 6. The van der Waals surface area contributed by atoms with Gasteiger partial charge in [-0.25, -0.2) is 4.98 Å². The maximum absolute atomic E-state index is 13.6. The highest BCUT2D eigenvalue weighted by molar-refractivity contribution is 6.53. The molecule has 0 radical (unpaired) electrons. The molecule has 2 amide bonds. The van der Waals surface area contributed by atoms with E-state index < -0.39 is 11.7 Å². The van der Waals surface area contributed by atoms with E-state index in [2.05, 4.69) is 9.97 Å². The molecular weight excluding hydrogens is 487 g/mol. The smallest absolute Gasteiger partial charge is 0.299 e. The van der Waals surface area contributed by atoms with Crippen molar-refractivity contribution >= 4 is 52.2 Å². The van der Waals surface area contributed by atoms with Gasteiger partial charge in [0.25, 0.3) is 11.7 Å². The molecule has 9 heteroatoms. The normalized spacial score (nSPS) is 12.7. The van der Waals surface area contributed by atoms with Crippen LogP contribution in [0.3, 0.4) is 0 Å². The van der Waals surface area contributed by atoms with E-state index in [4.69, 9.17) is 23.2 Å². The monoisotopic (exact) mass is 504 g/mol. The molecule has 0 bridgehead atoms. The van der Waals surface area contributed by atoms with E-state index in [9.17, 15) is 14.4 Å². The summed E-state index contributed by atoms with van der Waals surface area (Å²) in [6, 6.07) is 19.2. The Kier molecular flexibility index (Phi) is 6.11. The van der Waals surface area contributed by atoms with E-state index in [1.807, 2.05) is 36.4 Å². The van der Waals surface area contributed by atoms with Gasteiger partial charge in [-0.15, -0.1) is 0 Å². The molecule has 174 valence electrons. The summed E-state index contributed by atoms with van der Waals surface area (Å²) >= 11 is 12.2. The molecule has 1 aromatic heterocycles. The lowest BCUT2D eigenvalue weighted by atomic mass is 10.1. The molecule has 1 aliphatic rings. The van der Waals surface area contributed by atoms with Crippen molar-refractivity contribution in [3.05, 3.63) is 100 Å². The predicted octanol–water partition coefficient (Wildman–Crippen LogP) is 5.15. The Morgan fingerprint density at radius 2 is 1.74 bits per heavy atom. The third-order valence-corrected chi connectivity index (χ3v) is 6.22. The Morgan fingerprint density at radius 3 is 2.46 bits per heavy atom. The summed E-state index contributed by atoms with van der Waals surface area (Å²) < 4.78 is 0. The van der Waals surface area contributed by atoms with Crippen molar-refractivity contribution < 1.29 is 14.4 Å². The van der Waals surface area contributed by atoms with Gasteiger partial charge in [-0.05, 0) is 53.6 Å². The molecule has 35 heavy (non-hydrogen) atoms. The fourth-order valence-corrected chi connectivity index (χ4v) is 4.41. The van der Waals surface area contributed by atoms with Crippen LogP contribution in [0.15, 0.2) is 79.3 Å². The number of fused-ring (bicyclic) bond motifs is 1. The minimum Gasteiger partial charge on any atom is -0.345 e. The highest BCUT2D eigenvalue weighted by atomic mass is 35.5. The van der Waals surface area contributed by atoms with Crippen LogP contribution in [0.4, 0.5) is 11.4 Å². The summed E-state index contributed by atoms with van der Waals surface area (Å²) in [4.78, 5) is 48.6. The number of carbonyl (C=O) groups is 3. The highest BCUT2D eigenvalue weighted by Gasteiger charge is 2.37. The van der Waals surface area contributed by atoms with Gasteiger partial charge >= 0.3 is 0 Å². The van der Waals surface area contributed by atoms with Gasteiger partial charge in [0.1, 0.15) is 6.54 Å². The second-order valence-corrected chi connectivity index (χ2v) is 8.88. The van der Waals surface area contributed by atoms with Crippen LogP contribution in [0, 0.1) is 0 Å². The molecule has 0 atom stereocenters. The summed E-state index contributed by atoms with van der Waals surface area (Å²) in [6.07, 6.45) is 3.31. The minimum absolute atomic E-state index is 0.195. The number of hydrogen-bond donors (Lipinski definition) is 1. The van der Waals surface area contributed by atoms with Crippen molar-refractivity contribution in [2.45, 2.75) is 6.54 Å². The third-order valence-electron chi connectivity index (χ3n) is 5.75. The summed E-state index contributed by atoms with van der Waals surface area (Å²) in [7, 11) is 0. The second kappa shape index (κ2) is 9.37. The zero-order valence-corrected chi connectivity index (χ0v) is 19.8. The van der Waals surface area contributed by atoms with E-state index in [0.29, 0.717) is 21.4 Å². The molecule has 1 aliphatic heterocycles. The number of aromatic nitrogens is 2. The SMILES string of the molecule is O=C1C(=O)N(CC(=O)N(Cc2cccc(Cl)c2)c2ccc(-c3cnc[nH]3)cc2)c2ccc(Cl)cc21. The summed E-state index contributed by atoms with van der Waals surface area (Å²) in [5, 5.41) is 0.897. The predicted molar refractivity (Wildman–Crippen MR) is 135 cm³/mol. The average Bonchev–Trinajstić information content (AvgIpc) is 3.47. The number of aromatic amines is 1. The quantitative estimate of drug-likeness (QED) is 0.368. The Labute approximate surface area is 210 Å². The van der Waals surface area contributed by atoms with Gasteiger partial charge in [-0.3, -0.25) is 19.3 Å². The van der Waals surface area contributed by atoms with Crippen LogP contribution < -0.4 is 9.80 Å². The van der Waals surface area contributed by atoms with Crippen LogP contribution >= 0.6 is 23.2 Å². The fraction of sp³-hybridized carbons (Fsp3) is 0.0769. The maximum atomic E-state index is 13.6. The molecule has 0 unspecified atom stereocenters. The van der Waals surface area contributed by atoms with E-state index in [1.165, 1.54) is 11.0 Å². The molecule has 3 aromatic carbocycles. The van der Waals surface area contributed by atoms with E-state index in [0.717, 1.165) is 16.8 Å². The number of carbonyl (C=O) groups excluding carboxylic acids is 3. The first-order valence-electron chi connectivity index (χ1n) is 10.7. The molecule has 4 aromatic rings. The minimum atomic E-state index is -0.757. The standard InChI is InChI=1S/C26H18Cl2N4O3/c27-18-3-1-2-16(10-18)13-31(20-7-4-17(5-8-20)22-12-29-15-30-22)24(33)14-32-23-9-6-19(28)11-21(23)25(34)26(32)35/h1-12,15H,13-14H2,(H,29,30). The van der Waals surface area contributed by atoms with Crippen molar-refractivity contribution in [3.8, 4) is 11.3 Å². The second-order valence-electron chi connectivity index (χ2n) is 8.00. The third kappa shape index (κ3) is 4.56. The molecule has 1 N–H and O–H groups in total. The van der Waals surface area contributed by atoms with Crippen LogP contribution in [-0.2, 0) is 16.1 Å². The van der Waals surface area contributed by atoms with Gasteiger partial charge < -0.3 is 9.88 Å². The Balaban J connectivity index is 1.46. The first-order valence-corrected chi connectivity index (χ1v) is 11.5. The molecule has 0 saturated carbocycles. The molecule has 5 rings (SSSR count). The number of imidazole rings is 1. The van der Waals surface area contributed by atoms with Crippen molar-refractivity contribution in [3.63, 3.8) is 0 Å². The number of hydrogen-bond acceptors (Lipinski definition) is 4. The summed E-state index contributed by atoms with van der Waals surface area (Å²) in [5.74, 6) is -1.79. The first kappa shape index (κ1) is 22.8. The van der Waals surface area contributed by atoms with Crippen molar-refractivity contribution in [2.75, 3.05) is 16.3 Å². The van der Waals surface area contributed by atoms with Gasteiger partial charge in [0.05, 0.1) is 36.0 Å². The van der Waals surface area contributed by atoms with Crippen molar-refractivity contribution in [1.82, 2.24) is 9.97 Å². The lowest BCUT2D eigenvalue weighted by molar-refractivity contribution is -0.120. The topological polar surface area (TPSA) is 86.4 Å². The number of Topliss-reactive ketones (excluding diaryl/α,β-unsaturated/α-hetero) is 1. The molecule has 0 saturated heterocycles. The first-order chi connectivity index (χ1) is 16.9. The van der Waals surface area contributed by atoms with Crippen molar-refractivity contribution in [2.24, 2.45) is 0 Å². The van der Waals surface area contributed by atoms with Gasteiger partial charge in [0.2, 0.25) is 5.91 Å². The molecule has 7 nitrogen and oxygen atoms in total. The number of ketones is 1. The van der Waals surface area contributed by atoms with E-state index >= 15 is 0 Å². The van der Waals surface area contributed by atoms with Gasteiger partial charge in [0.15, 0.2) is 0 Å². The average molecular weight is 505 g/mol. The van der Waals surface area contributed by atoms with Gasteiger partial charge in [0, 0.05) is 15.7 Å².